The summed E-state index contributed by atoms with van der Waals surface area (Å²) in [6.45, 7) is 6.72. The molecule has 0 radical (unpaired) electrons. The molecule has 2 aromatic heterocycles. The van der Waals surface area contributed by atoms with E-state index in [9.17, 15) is 6.48 Å². The fourth-order valence-corrected chi connectivity index (χ4v) is 6.53. The Morgan fingerprint density at radius 2 is 1.49 bits per heavy atom. The maximum atomic E-state index is 11.3. The van der Waals surface area contributed by atoms with Crippen molar-refractivity contribution in [3.63, 3.8) is 0 Å². The van der Waals surface area contributed by atoms with Crippen LogP contribution in [0.5, 0.6) is 5.75 Å². The summed E-state index contributed by atoms with van der Waals surface area (Å²) < 4.78 is 96.3. The second-order valence-electron chi connectivity index (χ2n) is 14.5. The molecule has 0 bridgehead atoms. The summed E-state index contributed by atoms with van der Waals surface area (Å²) in [5.41, 5.74) is 4.93. The van der Waals surface area contributed by atoms with Crippen LogP contribution in [0, 0.1) is 12.9 Å². The monoisotopic (exact) mass is 908 g/mol. The smallest absolute Gasteiger partial charge is 0.148 e. The van der Waals surface area contributed by atoms with Crippen molar-refractivity contribution >= 4 is 11.0 Å². The second-order valence-corrected chi connectivity index (χ2v) is 14.5. The molecule has 0 atom stereocenters. The standard InChI is InChI=1S/C50H44N3O.Pt/c1-32(2)37-25-38(34-13-8-7-9-14-34)30-42(29-37)53-46-17-12-16-43(48(46)52-49(53)44-15-10-11-18-47(44)54)39-26-40(28-41(27-39)50(4,5)6)45-31-36(23-24-51-45)35-21-19-33(3)20-22-35;/h7-25,27-32,54H,1-6H3;/q-1;/i3D3,19D,20D,21D,22D,23D,24D,31D,32D;. The van der Waals surface area contributed by atoms with E-state index < -0.39 is 77.3 Å². The van der Waals surface area contributed by atoms with E-state index in [4.69, 9.17) is 18.7 Å². The Morgan fingerprint density at radius 1 is 0.764 bits per heavy atom. The molecule has 55 heavy (non-hydrogen) atoms. The van der Waals surface area contributed by atoms with Gasteiger partial charge < -0.3 is 5.11 Å². The number of hydrogen-bond donors (Lipinski definition) is 1. The van der Waals surface area contributed by atoms with Gasteiger partial charge in [-0.3, -0.25) is 9.55 Å². The molecule has 0 saturated heterocycles. The van der Waals surface area contributed by atoms with Gasteiger partial charge in [0.1, 0.15) is 11.6 Å². The van der Waals surface area contributed by atoms with Gasteiger partial charge in [0.2, 0.25) is 0 Å². The number of nitrogens with zero attached hydrogens (tertiary/aromatic N) is 3. The Balaban J connectivity index is 0.00000648. The first-order chi connectivity index (χ1) is 30.5. The van der Waals surface area contributed by atoms with Gasteiger partial charge >= 0.3 is 0 Å². The van der Waals surface area contributed by atoms with E-state index in [1.165, 1.54) is 0 Å². The van der Waals surface area contributed by atoms with E-state index in [0.717, 1.165) is 22.3 Å². The minimum Gasteiger partial charge on any atom is -0.507 e. The molecular weight excluding hydrogens is 854 g/mol. The van der Waals surface area contributed by atoms with E-state index >= 15 is 0 Å². The van der Waals surface area contributed by atoms with Gasteiger partial charge in [-0.2, -0.15) is 0 Å². The number of phenolic OH excluding ortho intramolecular Hbond substituents is 1. The zero-order valence-corrected chi connectivity index (χ0v) is 33.2. The molecule has 0 amide bonds. The van der Waals surface area contributed by atoms with Gasteiger partial charge in [-0.1, -0.05) is 142 Å². The van der Waals surface area contributed by atoms with Crippen molar-refractivity contribution in [2.75, 3.05) is 0 Å². The normalized spacial score (nSPS) is 14.8. The van der Waals surface area contributed by atoms with Crippen LogP contribution in [-0.4, -0.2) is 19.6 Å². The summed E-state index contributed by atoms with van der Waals surface area (Å²) >= 11 is 0. The second kappa shape index (κ2) is 15.3. The SMILES string of the molecule is [2H]c1nc(-c2[c-]c(-c3cccc4c3nc(-c3ccccc3O)n4-c3cc(-c4ccccc4)cc(C([2H])(C)C)c3)cc(C(C)(C)C)c2)c([2H])c(-c2c([2H])c([2H])c(C([2H])([2H])[2H])c([2H])c2[2H])c1[2H].[Pt]. The fourth-order valence-electron chi connectivity index (χ4n) is 6.53. The molecule has 0 aliphatic carbocycles. The zero-order chi connectivity index (χ0) is 47.1. The molecular formula is C50H44N3OPt-. The summed E-state index contributed by atoms with van der Waals surface area (Å²) in [7, 11) is 0. The minimum absolute atomic E-state index is 0. The van der Waals surface area contributed by atoms with E-state index in [2.05, 4.69) is 11.1 Å². The van der Waals surface area contributed by atoms with Gasteiger partial charge in [0.15, 0.2) is 0 Å². The Morgan fingerprint density at radius 3 is 2.22 bits per heavy atom. The predicted molar refractivity (Wildman–Crippen MR) is 224 cm³/mol. The van der Waals surface area contributed by atoms with Crippen molar-refractivity contribution in [1.29, 1.82) is 0 Å². The third-order valence-corrected chi connectivity index (χ3v) is 9.44. The number of pyridine rings is 1. The Hall–Kier alpha value is -5.57. The van der Waals surface area contributed by atoms with Gasteiger partial charge in [-0.05, 0) is 82.4 Å². The van der Waals surface area contributed by atoms with Crippen LogP contribution in [0.25, 0.3) is 72.7 Å². The molecule has 0 saturated carbocycles. The molecule has 6 aromatic carbocycles. The van der Waals surface area contributed by atoms with Crippen LogP contribution in [0.2, 0.25) is 0 Å². The molecule has 0 spiro atoms. The van der Waals surface area contributed by atoms with Crippen molar-refractivity contribution in [3.05, 3.63) is 168 Å². The summed E-state index contributed by atoms with van der Waals surface area (Å²) in [6.07, 6.45) is -0.597. The van der Waals surface area contributed by atoms with E-state index in [1.54, 1.807) is 24.3 Å². The summed E-state index contributed by atoms with van der Waals surface area (Å²) in [4.78, 5) is 9.62. The Kier molecular flexibility index (Phi) is 7.30. The molecule has 8 aromatic rings. The van der Waals surface area contributed by atoms with Crippen LogP contribution in [0.1, 0.15) is 72.3 Å². The molecule has 0 aliphatic rings. The number of benzene rings is 6. The first kappa shape index (κ1) is 26.3. The van der Waals surface area contributed by atoms with Crippen molar-refractivity contribution in [2.45, 2.75) is 52.8 Å². The largest absolute Gasteiger partial charge is 0.507 e. The maximum absolute atomic E-state index is 11.3. The number of rotatable bonds is 7. The minimum atomic E-state index is -2.97. The van der Waals surface area contributed by atoms with E-state index in [0.29, 0.717) is 39.2 Å². The average Bonchev–Trinajstić information content (AvgIpc) is 3.64. The molecule has 0 aliphatic heterocycles. The van der Waals surface area contributed by atoms with Crippen LogP contribution in [0.3, 0.4) is 0 Å². The van der Waals surface area contributed by atoms with Crippen LogP contribution >= 0.6 is 0 Å². The van der Waals surface area contributed by atoms with Crippen molar-refractivity contribution in [3.8, 4) is 67.5 Å². The first-order valence-corrected chi connectivity index (χ1v) is 17.7. The third kappa shape index (κ3) is 7.57. The average molecular weight is 909 g/mol. The molecule has 276 valence electrons. The number of aromatic hydroxyl groups is 1. The number of para-hydroxylation sites is 2. The molecule has 0 fully saturated rings. The molecule has 2 heterocycles. The van der Waals surface area contributed by atoms with Gasteiger partial charge in [-0.15, -0.1) is 29.3 Å². The molecule has 0 unspecified atom stereocenters. The van der Waals surface area contributed by atoms with E-state index in [-0.39, 0.29) is 38.1 Å². The molecule has 1 N–H and O–H groups in total. The molecule has 8 rings (SSSR count). The Bertz CT molecular complexity index is 3180. The van der Waals surface area contributed by atoms with Crippen LogP contribution in [0.4, 0.5) is 0 Å². The summed E-state index contributed by atoms with van der Waals surface area (Å²) in [5, 5.41) is 11.3. The number of aromatic nitrogens is 3. The molecule has 5 heteroatoms. The van der Waals surface area contributed by atoms with Gasteiger partial charge in [0.05, 0.1) is 26.2 Å². The summed E-state index contributed by atoms with van der Waals surface area (Å²) in [6, 6.07) is 31.4. The number of imidazole rings is 1. The van der Waals surface area contributed by atoms with Gasteiger partial charge in [-0.25, -0.2) is 4.98 Å². The number of phenols is 1. The first-order valence-electron chi connectivity index (χ1n) is 23.2. The third-order valence-electron chi connectivity index (χ3n) is 9.44. The maximum Gasteiger partial charge on any atom is 0.148 e. The predicted octanol–water partition coefficient (Wildman–Crippen LogP) is 13.0. The quantitative estimate of drug-likeness (QED) is 0.162. The zero-order valence-electron chi connectivity index (χ0n) is 41.9. The number of fused-ring (bicyclic) bond motifs is 1. The molecule has 4 nitrogen and oxygen atoms in total. The van der Waals surface area contributed by atoms with Crippen molar-refractivity contribution < 1.29 is 41.3 Å². The summed E-state index contributed by atoms with van der Waals surface area (Å²) in [5.74, 6) is -0.529. The van der Waals surface area contributed by atoms with E-state index in [1.807, 2.05) is 118 Å². The van der Waals surface area contributed by atoms with Crippen LogP contribution in [-0.2, 0) is 26.5 Å². The van der Waals surface area contributed by atoms with Crippen molar-refractivity contribution in [2.24, 2.45) is 0 Å². The fraction of sp³-hybridized carbons (Fsp3) is 0.160. The van der Waals surface area contributed by atoms with Crippen LogP contribution in [0.15, 0.2) is 146 Å². The van der Waals surface area contributed by atoms with Crippen molar-refractivity contribution in [1.82, 2.24) is 14.5 Å². The van der Waals surface area contributed by atoms with Gasteiger partial charge in [0, 0.05) is 44.1 Å². The van der Waals surface area contributed by atoms with Gasteiger partial charge in [0.25, 0.3) is 0 Å². The van der Waals surface area contributed by atoms with Crippen LogP contribution < -0.4 is 0 Å². The Labute approximate surface area is 354 Å². The number of hydrogen-bond acceptors (Lipinski definition) is 3. The topological polar surface area (TPSA) is 50.9 Å².